The van der Waals surface area contributed by atoms with Gasteiger partial charge in [-0.25, -0.2) is 8.78 Å². The Labute approximate surface area is 71.8 Å². The van der Waals surface area contributed by atoms with Crippen molar-refractivity contribution in [1.82, 2.24) is 0 Å². The molecule has 0 bridgehead atoms. The molecule has 0 aliphatic rings. The SMILES string of the molecule is Cc1ccc(NBr)c(F)c1F. The first-order valence-electron chi connectivity index (χ1n) is 2.98. The largest absolute Gasteiger partial charge is 0.320 e. The highest BCUT2D eigenvalue weighted by atomic mass is 79.9. The van der Waals surface area contributed by atoms with E-state index in [9.17, 15) is 8.78 Å². The van der Waals surface area contributed by atoms with E-state index >= 15 is 0 Å². The van der Waals surface area contributed by atoms with Crippen LogP contribution in [0.3, 0.4) is 0 Å². The van der Waals surface area contributed by atoms with Gasteiger partial charge in [0.05, 0.1) is 5.69 Å². The number of hydrogen-bond acceptors (Lipinski definition) is 1. The van der Waals surface area contributed by atoms with Gasteiger partial charge >= 0.3 is 0 Å². The fourth-order valence-corrected chi connectivity index (χ4v) is 1.03. The second-order valence-corrected chi connectivity index (χ2v) is 2.55. The molecule has 1 rings (SSSR count). The van der Waals surface area contributed by atoms with Crippen LogP contribution in [0.15, 0.2) is 12.1 Å². The van der Waals surface area contributed by atoms with Crippen molar-refractivity contribution >= 4 is 21.8 Å². The van der Waals surface area contributed by atoms with E-state index in [-0.39, 0.29) is 5.69 Å². The van der Waals surface area contributed by atoms with E-state index in [0.29, 0.717) is 5.56 Å². The maximum atomic E-state index is 12.8. The van der Waals surface area contributed by atoms with Crippen LogP contribution in [0.4, 0.5) is 14.5 Å². The van der Waals surface area contributed by atoms with E-state index in [1.165, 1.54) is 19.1 Å². The molecule has 0 aliphatic heterocycles. The molecule has 11 heavy (non-hydrogen) atoms. The summed E-state index contributed by atoms with van der Waals surface area (Å²) < 4.78 is 27.9. The molecule has 1 aromatic carbocycles. The molecule has 4 heteroatoms. The predicted molar refractivity (Wildman–Crippen MR) is 43.6 cm³/mol. The van der Waals surface area contributed by atoms with Gasteiger partial charge in [-0.15, -0.1) is 0 Å². The normalized spacial score (nSPS) is 9.82. The third-order valence-electron chi connectivity index (χ3n) is 1.38. The molecule has 0 aromatic heterocycles. The maximum absolute atomic E-state index is 12.8. The molecule has 0 amide bonds. The Kier molecular flexibility index (Phi) is 2.44. The molecule has 0 heterocycles. The zero-order valence-electron chi connectivity index (χ0n) is 5.79. The van der Waals surface area contributed by atoms with Gasteiger partial charge in [0.15, 0.2) is 11.6 Å². The van der Waals surface area contributed by atoms with Crippen LogP contribution >= 0.6 is 16.1 Å². The zero-order chi connectivity index (χ0) is 8.43. The molecule has 0 saturated heterocycles. The highest BCUT2D eigenvalue weighted by Crippen LogP contribution is 2.20. The van der Waals surface area contributed by atoms with Gasteiger partial charge in [0.2, 0.25) is 0 Å². The molecular formula is C7H6BrF2N. The van der Waals surface area contributed by atoms with Crippen LogP contribution in [-0.4, -0.2) is 0 Å². The molecule has 0 atom stereocenters. The summed E-state index contributed by atoms with van der Waals surface area (Å²) in [6.07, 6.45) is 0. The summed E-state index contributed by atoms with van der Waals surface area (Å²) in [4.78, 5) is 0. The van der Waals surface area contributed by atoms with Gasteiger partial charge in [-0.1, -0.05) is 6.07 Å². The van der Waals surface area contributed by atoms with E-state index in [1.807, 2.05) is 0 Å². The smallest absolute Gasteiger partial charge is 0.182 e. The Bertz CT molecular complexity index is 275. The maximum Gasteiger partial charge on any atom is 0.182 e. The summed E-state index contributed by atoms with van der Waals surface area (Å²) in [6.45, 7) is 1.51. The quantitative estimate of drug-likeness (QED) is 0.720. The number of halogens is 3. The van der Waals surface area contributed by atoms with Crippen LogP contribution in [0.1, 0.15) is 5.56 Å². The topological polar surface area (TPSA) is 12.0 Å². The Morgan fingerprint density at radius 3 is 2.45 bits per heavy atom. The molecule has 60 valence electrons. The minimum Gasteiger partial charge on any atom is -0.320 e. The first kappa shape index (κ1) is 8.46. The van der Waals surface area contributed by atoms with Crippen molar-refractivity contribution in [3.8, 4) is 0 Å². The lowest BCUT2D eigenvalue weighted by molar-refractivity contribution is 0.506. The number of anilines is 1. The Balaban J connectivity index is 3.25. The van der Waals surface area contributed by atoms with Gasteiger partial charge in [0.25, 0.3) is 0 Å². The first-order valence-corrected chi connectivity index (χ1v) is 3.77. The fourth-order valence-electron chi connectivity index (χ4n) is 0.719. The van der Waals surface area contributed by atoms with Crippen molar-refractivity contribution < 1.29 is 8.78 Å². The number of hydrogen-bond donors (Lipinski definition) is 1. The van der Waals surface area contributed by atoms with E-state index in [2.05, 4.69) is 20.5 Å². The second kappa shape index (κ2) is 3.17. The van der Waals surface area contributed by atoms with Crippen LogP contribution < -0.4 is 4.34 Å². The van der Waals surface area contributed by atoms with Gasteiger partial charge in [-0.05, 0) is 18.6 Å². The first-order chi connectivity index (χ1) is 5.16. The summed E-state index contributed by atoms with van der Waals surface area (Å²) in [5, 5.41) is 0. The van der Waals surface area contributed by atoms with E-state index in [4.69, 9.17) is 0 Å². The van der Waals surface area contributed by atoms with Crippen LogP contribution in [-0.2, 0) is 0 Å². The van der Waals surface area contributed by atoms with Crippen LogP contribution in [0.5, 0.6) is 0 Å². The second-order valence-electron chi connectivity index (χ2n) is 2.15. The summed E-state index contributed by atoms with van der Waals surface area (Å²) in [5.74, 6) is -1.67. The fraction of sp³-hybridized carbons (Fsp3) is 0.143. The molecule has 0 unspecified atom stereocenters. The Hall–Kier alpha value is -0.640. The number of aryl methyl sites for hydroxylation is 1. The van der Waals surface area contributed by atoms with Crippen LogP contribution in [0.25, 0.3) is 0 Å². The standard InChI is InChI=1S/C7H6BrF2N/c1-4-2-3-5(11-8)7(10)6(4)9/h2-3,11H,1H3. The van der Waals surface area contributed by atoms with Gasteiger partial charge < -0.3 is 4.34 Å². The molecule has 1 aromatic rings. The van der Waals surface area contributed by atoms with E-state index in [1.54, 1.807) is 0 Å². The minimum absolute atomic E-state index is 0.105. The van der Waals surface area contributed by atoms with Crippen molar-refractivity contribution in [2.75, 3.05) is 4.34 Å². The van der Waals surface area contributed by atoms with E-state index < -0.39 is 11.6 Å². The number of rotatable bonds is 1. The monoisotopic (exact) mass is 221 g/mol. The molecule has 0 fully saturated rings. The average Bonchev–Trinajstić information content (AvgIpc) is 2.01. The van der Waals surface area contributed by atoms with Gasteiger partial charge in [0, 0.05) is 16.1 Å². The molecule has 0 radical (unpaired) electrons. The van der Waals surface area contributed by atoms with Crippen molar-refractivity contribution in [2.45, 2.75) is 6.92 Å². The van der Waals surface area contributed by atoms with Crippen LogP contribution in [0.2, 0.25) is 0 Å². The summed E-state index contributed by atoms with van der Waals surface area (Å²) in [6, 6.07) is 2.96. The van der Waals surface area contributed by atoms with Crippen molar-refractivity contribution in [2.24, 2.45) is 0 Å². The average molecular weight is 222 g/mol. The summed E-state index contributed by atoms with van der Waals surface area (Å²) >= 11 is 2.81. The van der Waals surface area contributed by atoms with Gasteiger partial charge in [0.1, 0.15) is 0 Å². The lowest BCUT2D eigenvalue weighted by atomic mass is 10.2. The lowest BCUT2D eigenvalue weighted by Crippen LogP contribution is -1.93. The van der Waals surface area contributed by atoms with Crippen molar-refractivity contribution in [1.29, 1.82) is 0 Å². The third kappa shape index (κ3) is 1.50. The third-order valence-corrected chi connectivity index (χ3v) is 1.80. The molecule has 1 N–H and O–H groups in total. The van der Waals surface area contributed by atoms with Gasteiger partial charge in [-0.2, -0.15) is 0 Å². The molecule has 0 spiro atoms. The van der Waals surface area contributed by atoms with Gasteiger partial charge in [-0.3, -0.25) is 0 Å². The summed E-state index contributed by atoms with van der Waals surface area (Å²) in [5.41, 5.74) is 0.405. The zero-order valence-corrected chi connectivity index (χ0v) is 7.37. The molecule has 0 saturated carbocycles. The van der Waals surface area contributed by atoms with Crippen LogP contribution in [0, 0.1) is 18.6 Å². The summed E-state index contributed by atoms with van der Waals surface area (Å²) in [7, 11) is 0. The van der Waals surface area contributed by atoms with Crippen molar-refractivity contribution in [3.05, 3.63) is 29.3 Å². The minimum atomic E-state index is -0.859. The Morgan fingerprint density at radius 1 is 1.27 bits per heavy atom. The highest BCUT2D eigenvalue weighted by molar-refractivity contribution is 9.10. The predicted octanol–water partition coefficient (Wildman–Crippen LogP) is 3.00. The van der Waals surface area contributed by atoms with Crippen molar-refractivity contribution in [3.63, 3.8) is 0 Å². The molecule has 0 aliphatic carbocycles. The highest BCUT2D eigenvalue weighted by Gasteiger charge is 2.08. The van der Waals surface area contributed by atoms with E-state index in [0.717, 1.165) is 0 Å². The lowest BCUT2D eigenvalue weighted by Gasteiger charge is -2.02. The molecular weight excluding hydrogens is 216 g/mol. The molecule has 1 nitrogen and oxygen atoms in total. The number of nitrogens with one attached hydrogen (secondary N) is 1. The number of benzene rings is 1. The Morgan fingerprint density at radius 2 is 1.91 bits per heavy atom.